The van der Waals surface area contributed by atoms with Crippen LogP contribution in [-0.4, -0.2) is 36.6 Å². The number of carbonyl (C=O) groups is 1. The number of nitrogens with zero attached hydrogens (tertiary/aromatic N) is 1. The third kappa shape index (κ3) is 5.07. The Hall–Kier alpha value is -1.86. The van der Waals surface area contributed by atoms with Gasteiger partial charge in [0.05, 0.1) is 18.0 Å². The van der Waals surface area contributed by atoms with Crippen LogP contribution in [0.1, 0.15) is 19.8 Å². The molecule has 0 spiro atoms. The standard InChI is InChI=1S/C15H20ClN3O4/c1-10-4-6-17-9-12(10)18-15(20)5-7-23-14-3-2-11(16)8-13(14)19(21)22/h2-3,8,10,12,17H,4-7,9H2,1H3,(H,18,20). The summed E-state index contributed by atoms with van der Waals surface area (Å²) in [6, 6.07) is 4.29. The van der Waals surface area contributed by atoms with Crippen molar-refractivity contribution >= 4 is 23.2 Å². The summed E-state index contributed by atoms with van der Waals surface area (Å²) < 4.78 is 5.36. The highest BCUT2D eigenvalue weighted by molar-refractivity contribution is 6.30. The predicted octanol–water partition coefficient (Wildman–Crippen LogP) is 2.13. The smallest absolute Gasteiger partial charge is 0.312 e. The number of nitro benzene ring substituents is 1. The number of ether oxygens (including phenoxy) is 1. The third-order valence-electron chi connectivity index (χ3n) is 3.88. The molecule has 0 radical (unpaired) electrons. The van der Waals surface area contributed by atoms with Gasteiger partial charge in [0.1, 0.15) is 0 Å². The van der Waals surface area contributed by atoms with Gasteiger partial charge in [0.15, 0.2) is 5.75 Å². The first kappa shape index (κ1) is 17.5. The molecule has 1 aromatic carbocycles. The Balaban J connectivity index is 1.82. The van der Waals surface area contributed by atoms with Crippen LogP contribution < -0.4 is 15.4 Å². The Kier molecular flexibility index (Phi) is 6.18. The van der Waals surface area contributed by atoms with Crippen molar-refractivity contribution in [2.75, 3.05) is 19.7 Å². The Morgan fingerprint density at radius 2 is 2.35 bits per heavy atom. The highest BCUT2D eigenvalue weighted by Gasteiger charge is 2.22. The largest absolute Gasteiger partial charge is 0.486 e. The zero-order chi connectivity index (χ0) is 16.8. The Morgan fingerprint density at radius 1 is 1.57 bits per heavy atom. The molecule has 2 unspecified atom stereocenters. The number of nitro groups is 1. The molecule has 0 aromatic heterocycles. The minimum Gasteiger partial charge on any atom is -0.486 e. The number of piperidine rings is 1. The molecule has 1 aromatic rings. The van der Waals surface area contributed by atoms with E-state index in [0.717, 1.165) is 19.5 Å². The maximum Gasteiger partial charge on any atom is 0.312 e. The van der Waals surface area contributed by atoms with E-state index in [-0.39, 0.29) is 41.4 Å². The molecule has 2 N–H and O–H groups in total. The van der Waals surface area contributed by atoms with Gasteiger partial charge in [-0.3, -0.25) is 14.9 Å². The maximum absolute atomic E-state index is 11.9. The molecule has 2 rings (SSSR count). The number of rotatable bonds is 6. The van der Waals surface area contributed by atoms with Crippen LogP contribution in [0.4, 0.5) is 5.69 Å². The summed E-state index contributed by atoms with van der Waals surface area (Å²) in [6.07, 6.45) is 1.17. The molecule has 126 valence electrons. The van der Waals surface area contributed by atoms with Crippen LogP contribution in [-0.2, 0) is 4.79 Å². The molecular formula is C15H20ClN3O4. The van der Waals surface area contributed by atoms with Crippen molar-refractivity contribution in [3.8, 4) is 5.75 Å². The molecule has 1 aliphatic rings. The second kappa shape index (κ2) is 8.12. The lowest BCUT2D eigenvalue weighted by atomic mass is 9.95. The van der Waals surface area contributed by atoms with Gasteiger partial charge in [-0.25, -0.2) is 0 Å². The van der Waals surface area contributed by atoms with Crippen molar-refractivity contribution in [3.05, 3.63) is 33.3 Å². The molecule has 0 aliphatic carbocycles. The SMILES string of the molecule is CC1CCNCC1NC(=O)CCOc1ccc(Cl)cc1[N+](=O)[O-]. The van der Waals surface area contributed by atoms with E-state index < -0.39 is 4.92 Å². The minimum absolute atomic E-state index is 0.0723. The summed E-state index contributed by atoms with van der Waals surface area (Å²) in [4.78, 5) is 22.3. The van der Waals surface area contributed by atoms with Gasteiger partial charge in [0.25, 0.3) is 0 Å². The Labute approximate surface area is 139 Å². The predicted molar refractivity (Wildman–Crippen MR) is 86.8 cm³/mol. The van der Waals surface area contributed by atoms with E-state index in [2.05, 4.69) is 17.6 Å². The molecule has 1 heterocycles. The lowest BCUT2D eigenvalue weighted by Gasteiger charge is -2.30. The maximum atomic E-state index is 11.9. The lowest BCUT2D eigenvalue weighted by molar-refractivity contribution is -0.385. The number of hydrogen-bond acceptors (Lipinski definition) is 5. The van der Waals surface area contributed by atoms with E-state index in [0.29, 0.717) is 5.92 Å². The summed E-state index contributed by atoms with van der Waals surface area (Å²) in [5.41, 5.74) is -0.206. The number of benzene rings is 1. The Morgan fingerprint density at radius 3 is 3.04 bits per heavy atom. The molecular weight excluding hydrogens is 322 g/mol. The minimum atomic E-state index is -0.559. The molecule has 8 heteroatoms. The monoisotopic (exact) mass is 341 g/mol. The molecule has 1 saturated heterocycles. The van der Waals surface area contributed by atoms with E-state index in [1.807, 2.05) is 0 Å². The number of halogens is 1. The van der Waals surface area contributed by atoms with E-state index in [1.165, 1.54) is 18.2 Å². The number of carbonyl (C=O) groups excluding carboxylic acids is 1. The topological polar surface area (TPSA) is 93.5 Å². The fourth-order valence-corrected chi connectivity index (χ4v) is 2.64. The van der Waals surface area contributed by atoms with Gasteiger partial charge < -0.3 is 15.4 Å². The van der Waals surface area contributed by atoms with Crippen molar-refractivity contribution in [2.24, 2.45) is 5.92 Å². The second-order valence-electron chi connectivity index (χ2n) is 5.61. The van der Waals surface area contributed by atoms with Gasteiger partial charge >= 0.3 is 5.69 Å². The van der Waals surface area contributed by atoms with Crippen LogP contribution in [0.3, 0.4) is 0 Å². The van der Waals surface area contributed by atoms with Gasteiger partial charge in [0, 0.05) is 23.7 Å². The second-order valence-corrected chi connectivity index (χ2v) is 6.05. The van der Waals surface area contributed by atoms with Gasteiger partial charge in [-0.15, -0.1) is 0 Å². The van der Waals surface area contributed by atoms with Crippen LogP contribution >= 0.6 is 11.6 Å². The number of amides is 1. The summed E-state index contributed by atoms with van der Waals surface area (Å²) in [7, 11) is 0. The van der Waals surface area contributed by atoms with E-state index in [9.17, 15) is 14.9 Å². The fourth-order valence-electron chi connectivity index (χ4n) is 2.47. The molecule has 0 bridgehead atoms. The van der Waals surface area contributed by atoms with Crippen LogP contribution in [0.5, 0.6) is 5.75 Å². The van der Waals surface area contributed by atoms with Crippen LogP contribution in [0.25, 0.3) is 0 Å². The fraction of sp³-hybridized carbons (Fsp3) is 0.533. The lowest BCUT2D eigenvalue weighted by Crippen LogP contribution is -2.50. The molecule has 1 amide bonds. The van der Waals surface area contributed by atoms with Crippen LogP contribution in [0.15, 0.2) is 18.2 Å². The molecule has 1 aliphatic heterocycles. The summed E-state index contributed by atoms with van der Waals surface area (Å²) in [5.74, 6) is 0.417. The molecule has 2 atom stereocenters. The first-order chi connectivity index (χ1) is 11.0. The van der Waals surface area contributed by atoms with E-state index >= 15 is 0 Å². The van der Waals surface area contributed by atoms with Gasteiger partial charge in [-0.1, -0.05) is 18.5 Å². The molecule has 0 saturated carbocycles. The third-order valence-corrected chi connectivity index (χ3v) is 4.11. The van der Waals surface area contributed by atoms with E-state index in [1.54, 1.807) is 0 Å². The van der Waals surface area contributed by atoms with E-state index in [4.69, 9.17) is 16.3 Å². The molecule has 7 nitrogen and oxygen atoms in total. The Bertz CT molecular complexity index is 582. The summed E-state index contributed by atoms with van der Waals surface area (Å²) in [6.45, 7) is 3.91. The van der Waals surface area contributed by atoms with Gasteiger partial charge in [0.2, 0.25) is 5.91 Å². The average molecular weight is 342 g/mol. The number of nitrogens with one attached hydrogen (secondary N) is 2. The first-order valence-corrected chi connectivity index (χ1v) is 7.92. The molecule has 23 heavy (non-hydrogen) atoms. The highest BCUT2D eigenvalue weighted by Crippen LogP contribution is 2.29. The van der Waals surface area contributed by atoms with Gasteiger partial charge in [-0.2, -0.15) is 0 Å². The van der Waals surface area contributed by atoms with Crippen molar-refractivity contribution < 1.29 is 14.5 Å². The molecule has 1 fully saturated rings. The van der Waals surface area contributed by atoms with Crippen molar-refractivity contribution in [1.82, 2.24) is 10.6 Å². The quantitative estimate of drug-likeness (QED) is 0.610. The highest BCUT2D eigenvalue weighted by atomic mass is 35.5. The van der Waals surface area contributed by atoms with Crippen molar-refractivity contribution in [3.63, 3.8) is 0 Å². The van der Waals surface area contributed by atoms with Gasteiger partial charge in [-0.05, 0) is 31.0 Å². The summed E-state index contributed by atoms with van der Waals surface area (Å²) >= 11 is 5.74. The van der Waals surface area contributed by atoms with Crippen molar-refractivity contribution in [2.45, 2.75) is 25.8 Å². The zero-order valence-electron chi connectivity index (χ0n) is 12.9. The van der Waals surface area contributed by atoms with Crippen molar-refractivity contribution in [1.29, 1.82) is 0 Å². The summed E-state index contributed by atoms with van der Waals surface area (Å²) in [5, 5.41) is 17.4. The first-order valence-electron chi connectivity index (χ1n) is 7.54. The normalized spacial score (nSPS) is 20.8. The average Bonchev–Trinajstić information content (AvgIpc) is 2.51. The number of hydrogen-bond donors (Lipinski definition) is 2. The van der Waals surface area contributed by atoms with Crippen LogP contribution in [0.2, 0.25) is 5.02 Å². The van der Waals surface area contributed by atoms with Crippen LogP contribution in [0, 0.1) is 16.0 Å². The zero-order valence-corrected chi connectivity index (χ0v) is 13.6.